The third-order valence-corrected chi connectivity index (χ3v) is 3.31. The Balaban J connectivity index is 2.09. The van der Waals surface area contributed by atoms with Gasteiger partial charge in [0.05, 0.1) is 12.7 Å². The molecule has 0 saturated heterocycles. The smallest absolute Gasteiger partial charge is 0.208 e. The van der Waals surface area contributed by atoms with Gasteiger partial charge in [0.15, 0.2) is 5.76 Å². The van der Waals surface area contributed by atoms with Gasteiger partial charge in [0.2, 0.25) is 5.89 Å². The number of nitrogens with one attached hydrogen (secondary N) is 1. The van der Waals surface area contributed by atoms with Gasteiger partial charge >= 0.3 is 0 Å². The Labute approximate surface area is 106 Å². The van der Waals surface area contributed by atoms with Crippen molar-refractivity contribution >= 4 is 11.3 Å². The molecule has 0 spiro atoms. The zero-order chi connectivity index (χ0) is 12.5. The molecule has 2 aromatic rings. The van der Waals surface area contributed by atoms with Gasteiger partial charge in [-0.2, -0.15) is 11.3 Å². The van der Waals surface area contributed by atoms with E-state index in [1.54, 1.807) is 17.5 Å². The molecule has 0 aliphatic carbocycles. The first-order chi connectivity index (χ1) is 7.96. The number of aryl methyl sites for hydroxylation is 1. The van der Waals surface area contributed by atoms with E-state index in [0.29, 0.717) is 6.54 Å². The highest BCUT2D eigenvalue weighted by Gasteiger charge is 2.13. The number of oxazole rings is 1. The van der Waals surface area contributed by atoms with E-state index in [1.165, 1.54) is 5.56 Å². The van der Waals surface area contributed by atoms with Crippen molar-refractivity contribution in [2.75, 3.05) is 0 Å². The predicted octanol–water partition coefficient (Wildman–Crippen LogP) is 3.60. The summed E-state index contributed by atoms with van der Waals surface area (Å²) in [5.74, 6) is 1.59. The fourth-order valence-electron chi connectivity index (χ4n) is 1.47. The zero-order valence-electron chi connectivity index (χ0n) is 10.7. The summed E-state index contributed by atoms with van der Waals surface area (Å²) in [5.41, 5.74) is 2.46. The number of nitrogens with zero attached hydrogens (tertiary/aromatic N) is 1. The Morgan fingerprint density at radius 3 is 2.71 bits per heavy atom. The molecule has 0 bridgehead atoms. The summed E-state index contributed by atoms with van der Waals surface area (Å²) >= 11 is 1.68. The maximum Gasteiger partial charge on any atom is 0.208 e. The summed E-state index contributed by atoms with van der Waals surface area (Å²) in [7, 11) is 0. The second-order valence-corrected chi connectivity index (χ2v) is 5.93. The minimum atomic E-state index is 0.0763. The Bertz CT molecular complexity index is 493. The number of hydrogen-bond acceptors (Lipinski definition) is 4. The van der Waals surface area contributed by atoms with Gasteiger partial charge in [0.1, 0.15) is 0 Å². The van der Waals surface area contributed by atoms with E-state index in [2.05, 4.69) is 48.8 Å². The summed E-state index contributed by atoms with van der Waals surface area (Å²) in [6.07, 6.45) is 1.80. The normalized spacial score (nSPS) is 12.0. The number of thiophene rings is 1. The van der Waals surface area contributed by atoms with Gasteiger partial charge in [-0.3, -0.25) is 0 Å². The summed E-state index contributed by atoms with van der Waals surface area (Å²) < 4.78 is 5.74. The summed E-state index contributed by atoms with van der Waals surface area (Å²) in [6.45, 7) is 9.12. The van der Waals surface area contributed by atoms with E-state index >= 15 is 0 Å². The monoisotopic (exact) mass is 250 g/mol. The van der Waals surface area contributed by atoms with Crippen molar-refractivity contribution in [2.24, 2.45) is 0 Å². The average molecular weight is 250 g/mol. The lowest BCUT2D eigenvalue weighted by Crippen LogP contribution is -2.35. The molecule has 0 aliphatic heterocycles. The summed E-state index contributed by atoms with van der Waals surface area (Å²) in [5, 5.41) is 7.57. The van der Waals surface area contributed by atoms with E-state index in [-0.39, 0.29) is 5.54 Å². The molecule has 0 aromatic carbocycles. The van der Waals surface area contributed by atoms with Crippen LogP contribution in [0.25, 0.3) is 11.3 Å². The van der Waals surface area contributed by atoms with Gasteiger partial charge < -0.3 is 9.73 Å². The number of hydrogen-bond donors (Lipinski definition) is 1. The molecule has 0 aliphatic rings. The molecule has 3 nitrogen and oxygen atoms in total. The van der Waals surface area contributed by atoms with Crippen LogP contribution in [0.5, 0.6) is 0 Å². The second-order valence-electron chi connectivity index (χ2n) is 5.19. The quantitative estimate of drug-likeness (QED) is 0.904. The summed E-state index contributed by atoms with van der Waals surface area (Å²) in [6, 6.07) is 0. The maximum atomic E-state index is 5.74. The van der Waals surface area contributed by atoms with E-state index in [0.717, 1.165) is 17.2 Å². The van der Waals surface area contributed by atoms with Crippen molar-refractivity contribution in [1.82, 2.24) is 10.3 Å². The van der Waals surface area contributed by atoms with Gasteiger partial charge in [0.25, 0.3) is 0 Å². The standard InChI is InChI=1S/C13H18N2OS/c1-9-7-17-8-10(9)11-5-14-12(16-11)6-15-13(2,3)4/h5,7-8,15H,6H2,1-4H3. The number of rotatable bonds is 3. The maximum absolute atomic E-state index is 5.74. The van der Waals surface area contributed by atoms with Crippen LogP contribution < -0.4 is 5.32 Å². The first-order valence-corrected chi connectivity index (χ1v) is 6.63. The molecular formula is C13H18N2OS. The molecule has 0 fully saturated rings. The highest BCUT2D eigenvalue weighted by Crippen LogP contribution is 2.27. The molecule has 4 heteroatoms. The van der Waals surface area contributed by atoms with Gasteiger partial charge in [-0.25, -0.2) is 4.98 Å². The molecule has 0 unspecified atom stereocenters. The van der Waals surface area contributed by atoms with Crippen molar-refractivity contribution < 1.29 is 4.42 Å². The second kappa shape index (κ2) is 4.63. The highest BCUT2D eigenvalue weighted by molar-refractivity contribution is 7.08. The minimum Gasteiger partial charge on any atom is -0.439 e. The third kappa shape index (κ3) is 3.17. The predicted molar refractivity (Wildman–Crippen MR) is 71.1 cm³/mol. The third-order valence-electron chi connectivity index (χ3n) is 2.44. The van der Waals surface area contributed by atoms with Crippen LogP contribution in [0.2, 0.25) is 0 Å². The van der Waals surface area contributed by atoms with Crippen LogP contribution in [0.4, 0.5) is 0 Å². The first-order valence-electron chi connectivity index (χ1n) is 5.68. The summed E-state index contributed by atoms with van der Waals surface area (Å²) in [4.78, 5) is 4.29. The molecule has 0 saturated carbocycles. The molecule has 17 heavy (non-hydrogen) atoms. The van der Waals surface area contributed by atoms with Crippen LogP contribution in [-0.4, -0.2) is 10.5 Å². The fraction of sp³-hybridized carbons (Fsp3) is 0.462. The Hall–Kier alpha value is -1.13. The van der Waals surface area contributed by atoms with Gasteiger partial charge in [0, 0.05) is 16.5 Å². The van der Waals surface area contributed by atoms with Crippen LogP contribution in [0, 0.1) is 6.92 Å². The largest absolute Gasteiger partial charge is 0.439 e. The lowest BCUT2D eigenvalue weighted by atomic mass is 10.1. The van der Waals surface area contributed by atoms with E-state index in [1.807, 2.05) is 0 Å². The van der Waals surface area contributed by atoms with E-state index in [9.17, 15) is 0 Å². The van der Waals surface area contributed by atoms with Crippen molar-refractivity contribution in [3.05, 3.63) is 28.4 Å². The topological polar surface area (TPSA) is 38.1 Å². The molecule has 1 N–H and O–H groups in total. The van der Waals surface area contributed by atoms with Gasteiger partial charge in [-0.15, -0.1) is 0 Å². The molecule has 92 valence electrons. The molecule has 2 heterocycles. The van der Waals surface area contributed by atoms with Crippen LogP contribution >= 0.6 is 11.3 Å². The van der Waals surface area contributed by atoms with Gasteiger partial charge in [-0.05, 0) is 38.6 Å². The number of aromatic nitrogens is 1. The molecular weight excluding hydrogens is 232 g/mol. The van der Waals surface area contributed by atoms with E-state index < -0.39 is 0 Å². The van der Waals surface area contributed by atoms with Gasteiger partial charge in [-0.1, -0.05) is 0 Å². The Morgan fingerprint density at radius 2 is 2.12 bits per heavy atom. The highest BCUT2D eigenvalue weighted by atomic mass is 32.1. The van der Waals surface area contributed by atoms with Crippen LogP contribution in [0.1, 0.15) is 32.2 Å². The lowest BCUT2D eigenvalue weighted by Gasteiger charge is -2.18. The molecule has 2 aromatic heterocycles. The zero-order valence-corrected chi connectivity index (χ0v) is 11.5. The Morgan fingerprint density at radius 1 is 1.35 bits per heavy atom. The average Bonchev–Trinajstić information content (AvgIpc) is 2.81. The fourth-order valence-corrected chi connectivity index (χ4v) is 2.31. The van der Waals surface area contributed by atoms with Crippen LogP contribution in [0.15, 0.2) is 21.4 Å². The molecule has 2 rings (SSSR count). The van der Waals surface area contributed by atoms with Crippen molar-refractivity contribution in [3.63, 3.8) is 0 Å². The van der Waals surface area contributed by atoms with Crippen molar-refractivity contribution in [3.8, 4) is 11.3 Å². The Kier molecular flexibility index (Phi) is 3.35. The minimum absolute atomic E-state index is 0.0763. The SMILES string of the molecule is Cc1cscc1-c1cnc(CNC(C)(C)C)o1. The molecule has 0 amide bonds. The van der Waals surface area contributed by atoms with Crippen molar-refractivity contribution in [1.29, 1.82) is 0 Å². The van der Waals surface area contributed by atoms with E-state index in [4.69, 9.17) is 4.42 Å². The molecule has 0 atom stereocenters. The first kappa shape index (κ1) is 12.3. The van der Waals surface area contributed by atoms with Crippen molar-refractivity contribution in [2.45, 2.75) is 39.8 Å². The van der Waals surface area contributed by atoms with Crippen LogP contribution in [0.3, 0.4) is 0 Å². The molecule has 0 radical (unpaired) electrons. The van der Waals surface area contributed by atoms with Crippen LogP contribution in [-0.2, 0) is 6.54 Å². The lowest BCUT2D eigenvalue weighted by molar-refractivity contribution is 0.383.